The molecule has 1 amide bonds. The van der Waals surface area contributed by atoms with E-state index in [9.17, 15) is 9.59 Å². The van der Waals surface area contributed by atoms with Crippen LogP contribution in [0.25, 0.3) is 0 Å². The van der Waals surface area contributed by atoms with Crippen molar-refractivity contribution in [3.8, 4) is 11.5 Å². The van der Waals surface area contributed by atoms with E-state index in [1.807, 2.05) is 6.92 Å². The summed E-state index contributed by atoms with van der Waals surface area (Å²) in [5, 5.41) is 11.3. The summed E-state index contributed by atoms with van der Waals surface area (Å²) in [4.78, 5) is 22.8. The van der Waals surface area contributed by atoms with E-state index in [2.05, 4.69) is 5.32 Å². The molecule has 0 fully saturated rings. The number of nitrogens with one attached hydrogen (secondary N) is 1. The second-order valence-corrected chi connectivity index (χ2v) is 5.61. The molecule has 0 aliphatic heterocycles. The summed E-state index contributed by atoms with van der Waals surface area (Å²) in [6.45, 7) is 7.46. The van der Waals surface area contributed by atoms with Gasteiger partial charge in [0.05, 0.1) is 12.0 Å². The lowest BCUT2D eigenvalue weighted by molar-refractivity contribution is -0.143. The highest BCUT2D eigenvalue weighted by atomic mass is 16.5. The Morgan fingerprint density at radius 1 is 1.18 bits per heavy atom. The van der Waals surface area contributed by atoms with E-state index < -0.39 is 17.4 Å². The zero-order chi connectivity index (χ0) is 16.8. The average molecular weight is 309 g/mol. The van der Waals surface area contributed by atoms with Crippen LogP contribution in [-0.2, 0) is 9.59 Å². The lowest BCUT2D eigenvalue weighted by Gasteiger charge is -2.25. The van der Waals surface area contributed by atoms with Crippen molar-refractivity contribution < 1.29 is 24.2 Å². The van der Waals surface area contributed by atoms with Gasteiger partial charge in [-0.05, 0) is 52.0 Å². The molecular weight excluding hydrogens is 286 g/mol. The molecule has 0 aliphatic carbocycles. The fraction of sp³-hybridized carbons (Fsp3) is 0.500. The Balaban J connectivity index is 2.57. The molecule has 1 aromatic carbocycles. The summed E-state index contributed by atoms with van der Waals surface area (Å²) < 4.78 is 10.9. The van der Waals surface area contributed by atoms with Gasteiger partial charge in [-0.1, -0.05) is 0 Å². The van der Waals surface area contributed by atoms with Crippen molar-refractivity contribution in [3.63, 3.8) is 0 Å². The molecule has 0 spiro atoms. The van der Waals surface area contributed by atoms with Crippen molar-refractivity contribution in [2.24, 2.45) is 5.41 Å². The van der Waals surface area contributed by atoms with Crippen LogP contribution < -0.4 is 14.8 Å². The molecular formula is C16H23NO5. The maximum absolute atomic E-state index is 12.1. The van der Waals surface area contributed by atoms with Crippen LogP contribution in [0.1, 0.15) is 27.7 Å². The number of amides is 1. The fourth-order valence-corrected chi connectivity index (χ4v) is 1.58. The zero-order valence-corrected chi connectivity index (χ0v) is 13.4. The Morgan fingerprint density at radius 3 is 2.14 bits per heavy atom. The van der Waals surface area contributed by atoms with Crippen molar-refractivity contribution >= 4 is 11.9 Å². The minimum atomic E-state index is -1.07. The smallest absolute Gasteiger partial charge is 0.325 e. The first-order valence-electron chi connectivity index (χ1n) is 7.15. The predicted molar refractivity (Wildman–Crippen MR) is 82.1 cm³/mol. The number of carbonyl (C=O) groups is 2. The summed E-state index contributed by atoms with van der Waals surface area (Å²) in [5.74, 6) is -0.0670. The Morgan fingerprint density at radius 2 is 1.68 bits per heavy atom. The molecule has 0 heterocycles. The number of benzene rings is 1. The molecule has 6 nitrogen and oxygen atoms in total. The summed E-state index contributed by atoms with van der Waals surface area (Å²) in [6, 6.07) is 6.17. The molecule has 0 radical (unpaired) electrons. The molecule has 6 heteroatoms. The Bertz CT molecular complexity index is 510. The number of carbonyl (C=O) groups excluding carboxylic acids is 1. The van der Waals surface area contributed by atoms with Crippen molar-refractivity contribution in [3.05, 3.63) is 24.3 Å². The van der Waals surface area contributed by atoms with Gasteiger partial charge >= 0.3 is 5.97 Å². The molecule has 1 atom stereocenters. The van der Waals surface area contributed by atoms with E-state index in [1.165, 1.54) is 6.92 Å². The molecule has 2 N–H and O–H groups in total. The van der Waals surface area contributed by atoms with Gasteiger partial charge in [0.2, 0.25) is 5.91 Å². The summed E-state index contributed by atoms with van der Waals surface area (Å²) >= 11 is 0. The Labute approximate surface area is 130 Å². The maximum Gasteiger partial charge on any atom is 0.325 e. The van der Waals surface area contributed by atoms with Crippen LogP contribution in [0.15, 0.2) is 24.3 Å². The molecule has 0 saturated heterocycles. The van der Waals surface area contributed by atoms with Crippen LogP contribution in [0.4, 0.5) is 0 Å². The normalized spacial score (nSPS) is 12.4. The average Bonchev–Trinajstić information content (AvgIpc) is 2.46. The number of aliphatic carboxylic acids is 1. The van der Waals surface area contributed by atoms with Gasteiger partial charge in [-0.2, -0.15) is 0 Å². The van der Waals surface area contributed by atoms with Crippen molar-refractivity contribution in [2.75, 3.05) is 13.2 Å². The standard InChI is InChI=1S/C16H23NO5/c1-5-21-12-6-8-13(9-7-12)22-10-16(3,4)15(20)17-11(2)14(18)19/h6-9,11H,5,10H2,1-4H3,(H,17,20)(H,18,19). The maximum atomic E-state index is 12.1. The number of carboxylic acids is 1. The van der Waals surface area contributed by atoms with Crippen LogP contribution in [0.5, 0.6) is 11.5 Å². The highest BCUT2D eigenvalue weighted by Crippen LogP contribution is 2.21. The molecule has 122 valence electrons. The largest absolute Gasteiger partial charge is 0.494 e. The quantitative estimate of drug-likeness (QED) is 0.768. The van der Waals surface area contributed by atoms with Gasteiger partial charge < -0.3 is 19.9 Å². The zero-order valence-electron chi connectivity index (χ0n) is 13.4. The number of hydrogen-bond donors (Lipinski definition) is 2. The third-order valence-corrected chi connectivity index (χ3v) is 3.07. The topological polar surface area (TPSA) is 84.9 Å². The van der Waals surface area contributed by atoms with Gasteiger partial charge in [-0.3, -0.25) is 9.59 Å². The first kappa shape index (κ1) is 17.8. The molecule has 22 heavy (non-hydrogen) atoms. The van der Waals surface area contributed by atoms with Crippen molar-refractivity contribution in [1.82, 2.24) is 5.32 Å². The van der Waals surface area contributed by atoms with Gasteiger partial charge in [-0.25, -0.2) is 0 Å². The first-order valence-corrected chi connectivity index (χ1v) is 7.15. The number of ether oxygens (including phenoxy) is 2. The summed E-state index contributed by atoms with van der Waals surface area (Å²) in [5.41, 5.74) is -0.845. The van der Waals surface area contributed by atoms with E-state index in [-0.39, 0.29) is 12.5 Å². The first-order chi connectivity index (χ1) is 10.3. The molecule has 1 aromatic rings. The van der Waals surface area contributed by atoms with Crippen LogP contribution in [0, 0.1) is 5.41 Å². The lowest BCUT2D eigenvalue weighted by Crippen LogP contribution is -2.47. The van der Waals surface area contributed by atoms with Crippen molar-refractivity contribution in [1.29, 1.82) is 0 Å². The molecule has 0 saturated carbocycles. The van der Waals surface area contributed by atoms with Gasteiger partial charge in [0.1, 0.15) is 24.1 Å². The van der Waals surface area contributed by atoms with E-state index in [1.54, 1.807) is 38.1 Å². The second-order valence-electron chi connectivity index (χ2n) is 5.61. The fourth-order valence-electron chi connectivity index (χ4n) is 1.58. The number of hydrogen-bond acceptors (Lipinski definition) is 4. The SMILES string of the molecule is CCOc1ccc(OCC(C)(C)C(=O)NC(C)C(=O)O)cc1. The van der Waals surface area contributed by atoms with Crippen LogP contribution in [-0.4, -0.2) is 36.2 Å². The summed E-state index contributed by atoms with van der Waals surface area (Å²) in [7, 11) is 0. The Kier molecular flexibility index (Phi) is 6.22. The molecule has 1 rings (SSSR count). The monoisotopic (exact) mass is 309 g/mol. The minimum Gasteiger partial charge on any atom is -0.494 e. The lowest BCUT2D eigenvalue weighted by atomic mass is 9.93. The van der Waals surface area contributed by atoms with Gasteiger partial charge in [-0.15, -0.1) is 0 Å². The number of carboxylic acid groups (broad SMARTS) is 1. The molecule has 0 aromatic heterocycles. The highest BCUT2D eigenvalue weighted by molar-refractivity contribution is 5.86. The highest BCUT2D eigenvalue weighted by Gasteiger charge is 2.30. The van der Waals surface area contributed by atoms with Crippen LogP contribution >= 0.6 is 0 Å². The molecule has 0 aliphatic rings. The third kappa shape index (κ3) is 5.27. The predicted octanol–water partition coefficient (Wildman–Crippen LogP) is 2.08. The van der Waals surface area contributed by atoms with Crippen LogP contribution in [0.3, 0.4) is 0 Å². The van der Waals surface area contributed by atoms with E-state index in [4.69, 9.17) is 14.6 Å². The summed E-state index contributed by atoms with van der Waals surface area (Å²) in [6.07, 6.45) is 0. The van der Waals surface area contributed by atoms with Gasteiger partial charge in [0.15, 0.2) is 0 Å². The van der Waals surface area contributed by atoms with Gasteiger partial charge in [0, 0.05) is 0 Å². The molecule has 0 bridgehead atoms. The van der Waals surface area contributed by atoms with Crippen molar-refractivity contribution in [2.45, 2.75) is 33.7 Å². The van der Waals surface area contributed by atoms with E-state index in [0.29, 0.717) is 12.4 Å². The molecule has 1 unspecified atom stereocenters. The van der Waals surface area contributed by atoms with Gasteiger partial charge in [0.25, 0.3) is 0 Å². The Hall–Kier alpha value is -2.24. The van der Waals surface area contributed by atoms with E-state index in [0.717, 1.165) is 5.75 Å². The number of rotatable bonds is 8. The minimum absolute atomic E-state index is 0.138. The van der Waals surface area contributed by atoms with Crippen LogP contribution in [0.2, 0.25) is 0 Å². The second kappa shape index (κ2) is 7.68. The van der Waals surface area contributed by atoms with E-state index >= 15 is 0 Å². The third-order valence-electron chi connectivity index (χ3n) is 3.07.